The number of furan rings is 1. The lowest BCUT2D eigenvalue weighted by molar-refractivity contribution is 0.101. The van der Waals surface area contributed by atoms with Crippen molar-refractivity contribution < 1.29 is 13.9 Å². The van der Waals surface area contributed by atoms with E-state index < -0.39 is 0 Å². The number of benzene rings is 2. The molecule has 0 radical (unpaired) electrons. The van der Waals surface area contributed by atoms with E-state index in [0.717, 1.165) is 5.39 Å². The van der Waals surface area contributed by atoms with Crippen LogP contribution < -0.4 is 4.74 Å². The molecule has 0 aliphatic heterocycles. The van der Waals surface area contributed by atoms with E-state index in [0.29, 0.717) is 26.9 Å². The van der Waals surface area contributed by atoms with E-state index in [2.05, 4.69) is 0 Å². The molecular formula is C16H10Cl2O3. The molecule has 3 aromatic rings. The Bertz CT molecular complexity index is 837. The summed E-state index contributed by atoms with van der Waals surface area (Å²) in [6.45, 7) is 0. The lowest BCUT2D eigenvalue weighted by Crippen LogP contribution is -1.99. The molecule has 106 valence electrons. The van der Waals surface area contributed by atoms with Crippen LogP contribution in [0, 0.1) is 0 Å². The number of hydrogen-bond donors (Lipinski definition) is 0. The van der Waals surface area contributed by atoms with Gasteiger partial charge in [0.05, 0.1) is 17.2 Å². The van der Waals surface area contributed by atoms with E-state index >= 15 is 0 Å². The first-order valence-electron chi connectivity index (χ1n) is 6.16. The number of ether oxygens (including phenoxy) is 1. The average Bonchev–Trinajstić information content (AvgIpc) is 2.92. The molecule has 0 spiro atoms. The second kappa shape index (κ2) is 5.43. The summed E-state index contributed by atoms with van der Waals surface area (Å²) in [6.07, 6.45) is 0. The number of ketones is 1. The molecule has 3 nitrogen and oxygen atoms in total. The minimum Gasteiger partial charge on any atom is -0.497 e. The normalized spacial score (nSPS) is 10.8. The van der Waals surface area contributed by atoms with Crippen LogP contribution in [0.4, 0.5) is 0 Å². The highest BCUT2D eigenvalue weighted by atomic mass is 35.5. The van der Waals surface area contributed by atoms with Crippen LogP contribution in [0.15, 0.2) is 46.9 Å². The van der Waals surface area contributed by atoms with Crippen LogP contribution in [0.25, 0.3) is 11.0 Å². The summed E-state index contributed by atoms with van der Waals surface area (Å²) in [5, 5.41) is 1.54. The Morgan fingerprint density at radius 3 is 2.57 bits per heavy atom. The third-order valence-electron chi connectivity index (χ3n) is 3.13. The monoisotopic (exact) mass is 320 g/mol. The molecule has 0 saturated carbocycles. The maximum absolute atomic E-state index is 12.4. The predicted octanol–water partition coefficient (Wildman–Crippen LogP) is 4.98. The quantitative estimate of drug-likeness (QED) is 0.639. The van der Waals surface area contributed by atoms with Gasteiger partial charge in [0.25, 0.3) is 0 Å². The van der Waals surface area contributed by atoms with Crippen molar-refractivity contribution in [3.8, 4) is 5.75 Å². The SMILES string of the molecule is COc1ccc2oc(C(=O)c3ccc(Cl)c(Cl)c3)cc2c1. The van der Waals surface area contributed by atoms with Crippen LogP contribution in [0.2, 0.25) is 10.0 Å². The maximum Gasteiger partial charge on any atom is 0.228 e. The van der Waals surface area contributed by atoms with E-state index in [-0.39, 0.29) is 11.5 Å². The van der Waals surface area contributed by atoms with Gasteiger partial charge in [-0.1, -0.05) is 23.2 Å². The number of hydrogen-bond acceptors (Lipinski definition) is 3. The summed E-state index contributed by atoms with van der Waals surface area (Å²) in [5.41, 5.74) is 1.05. The number of fused-ring (bicyclic) bond motifs is 1. The van der Waals surface area contributed by atoms with Crippen molar-refractivity contribution in [3.05, 3.63) is 63.8 Å². The summed E-state index contributed by atoms with van der Waals surface area (Å²) in [5.74, 6) is 0.706. The van der Waals surface area contributed by atoms with Gasteiger partial charge < -0.3 is 9.15 Å². The average molecular weight is 321 g/mol. The van der Waals surface area contributed by atoms with E-state index in [4.69, 9.17) is 32.4 Å². The van der Waals surface area contributed by atoms with Crippen molar-refractivity contribution in [1.82, 2.24) is 0 Å². The first-order valence-corrected chi connectivity index (χ1v) is 6.91. The summed E-state index contributed by atoms with van der Waals surface area (Å²) in [4.78, 5) is 12.4. The molecule has 5 heteroatoms. The highest BCUT2D eigenvalue weighted by molar-refractivity contribution is 6.42. The molecule has 3 rings (SSSR count). The zero-order chi connectivity index (χ0) is 15.0. The van der Waals surface area contributed by atoms with Crippen LogP contribution >= 0.6 is 23.2 Å². The molecule has 0 fully saturated rings. The third kappa shape index (κ3) is 2.62. The number of rotatable bonds is 3. The molecule has 0 bridgehead atoms. The van der Waals surface area contributed by atoms with Gasteiger partial charge in [-0.2, -0.15) is 0 Å². The Labute approximate surface area is 131 Å². The van der Waals surface area contributed by atoms with Crippen molar-refractivity contribution in [3.63, 3.8) is 0 Å². The molecule has 0 atom stereocenters. The van der Waals surface area contributed by atoms with Gasteiger partial charge in [0, 0.05) is 10.9 Å². The molecule has 2 aromatic carbocycles. The van der Waals surface area contributed by atoms with Crippen molar-refractivity contribution >= 4 is 40.0 Å². The predicted molar refractivity (Wildman–Crippen MR) is 82.7 cm³/mol. The van der Waals surface area contributed by atoms with Crippen LogP contribution in [-0.2, 0) is 0 Å². The zero-order valence-electron chi connectivity index (χ0n) is 11.0. The smallest absolute Gasteiger partial charge is 0.228 e. The topological polar surface area (TPSA) is 39.4 Å². The zero-order valence-corrected chi connectivity index (χ0v) is 12.5. The van der Waals surface area contributed by atoms with Crippen molar-refractivity contribution in [2.75, 3.05) is 7.11 Å². The van der Waals surface area contributed by atoms with Gasteiger partial charge in [0.1, 0.15) is 11.3 Å². The first-order chi connectivity index (χ1) is 10.1. The lowest BCUT2D eigenvalue weighted by Gasteiger charge is -2.00. The molecule has 1 aromatic heterocycles. The van der Waals surface area contributed by atoms with Crippen LogP contribution in [-0.4, -0.2) is 12.9 Å². The number of carbonyl (C=O) groups is 1. The summed E-state index contributed by atoms with van der Waals surface area (Å²) in [7, 11) is 1.59. The molecule has 0 amide bonds. The highest BCUT2D eigenvalue weighted by Crippen LogP contribution is 2.27. The third-order valence-corrected chi connectivity index (χ3v) is 3.87. The fourth-order valence-electron chi connectivity index (χ4n) is 2.04. The molecule has 1 heterocycles. The van der Waals surface area contributed by atoms with E-state index in [1.807, 2.05) is 6.07 Å². The first kappa shape index (κ1) is 14.0. The fraction of sp³-hybridized carbons (Fsp3) is 0.0625. The van der Waals surface area contributed by atoms with Gasteiger partial charge in [-0.3, -0.25) is 4.79 Å². The number of carbonyl (C=O) groups excluding carboxylic acids is 1. The number of methoxy groups -OCH3 is 1. The lowest BCUT2D eigenvalue weighted by atomic mass is 10.1. The Hall–Kier alpha value is -1.97. The molecule has 0 aliphatic rings. The molecule has 0 N–H and O–H groups in total. The Morgan fingerprint density at radius 1 is 1.05 bits per heavy atom. The van der Waals surface area contributed by atoms with Gasteiger partial charge >= 0.3 is 0 Å². The Balaban J connectivity index is 2.02. The summed E-state index contributed by atoms with van der Waals surface area (Å²) < 4.78 is 10.7. The van der Waals surface area contributed by atoms with Gasteiger partial charge in [0.2, 0.25) is 5.78 Å². The van der Waals surface area contributed by atoms with E-state index in [1.54, 1.807) is 37.4 Å². The van der Waals surface area contributed by atoms with Crippen molar-refractivity contribution in [1.29, 1.82) is 0 Å². The molecule has 21 heavy (non-hydrogen) atoms. The number of halogens is 2. The standard InChI is InChI=1S/C16H10Cl2O3/c1-20-11-3-5-14-10(6-11)8-15(21-14)16(19)9-2-4-12(17)13(18)7-9/h2-8H,1H3. The Morgan fingerprint density at radius 2 is 1.86 bits per heavy atom. The highest BCUT2D eigenvalue weighted by Gasteiger charge is 2.16. The molecule has 0 unspecified atom stereocenters. The second-order valence-electron chi connectivity index (χ2n) is 4.47. The minimum absolute atomic E-state index is 0.247. The van der Waals surface area contributed by atoms with Crippen LogP contribution in [0.1, 0.15) is 16.1 Å². The second-order valence-corrected chi connectivity index (χ2v) is 5.29. The fourth-order valence-corrected chi connectivity index (χ4v) is 2.34. The minimum atomic E-state index is -0.247. The molecular weight excluding hydrogens is 311 g/mol. The van der Waals surface area contributed by atoms with E-state index in [9.17, 15) is 4.79 Å². The summed E-state index contributed by atoms with van der Waals surface area (Å²) in [6, 6.07) is 11.8. The maximum atomic E-state index is 12.4. The van der Waals surface area contributed by atoms with Gasteiger partial charge in [0.15, 0.2) is 5.76 Å². The molecule has 0 aliphatic carbocycles. The van der Waals surface area contributed by atoms with E-state index in [1.165, 1.54) is 6.07 Å². The van der Waals surface area contributed by atoms with Crippen molar-refractivity contribution in [2.24, 2.45) is 0 Å². The van der Waals surface area contributed by atoms with Gasteiger partial charge in [-0.05, 0) is 42.5 Å². The van der Waals surface area contributed by atoms with Crippen LogP contribution in [0.3, 0.4) is 0 Å². The largest absolute Gasteiger partial charge is 0.497 e. The van der Waals surface area contributed by atoms with Gasteiger partial charge in [-0.15, -0.1) is 0 Å². The van der Waals surface area contributed by atoms with Gasteiger partial charge in [-0.25, -0.2) is 0 Å². The molecule has 0 saturated heterocycles. The summed E-state index contributed by atoms with van der Waals surface area (Å²) >= 11 is 11.8. The van der Waals surface area contributed by atoms with Crippen LogP contribution in [0.5, 0.6) is 5.75 Å². The Kier molecular flexibility index (Phi) is 3.62. The van der Waals surface area contributed by atoms with Crippen molar-refractivity contribution in [2.45, 2.75) is 0 Å².